The molecular formula is C15H24FeO2Si. The van der Waals surface area contributed by atoms with Crippen LogP contribution < -0.4 is 0 Å². The fraction of sp³-hybridized carbons (Fsp3) is 0.533. The van der Waals surface area contributed by atoms with Crippen molar-refractivity contribution < 1.29 is 26.4 Å². The fourth-order valence-corrected chi connectivity index (χ4v) is 4.22. The summed E-state index contributed by atoms with van der Waals surface area (Å²) in [4.78, 5) is 0. The van der Waals surface area contributed by atoms with Gasteiger partial charge < -0.3 is 0 Å². The Kier molecular flexibility index (Phi) is 22.5. The van der Waals surface area contributed by atoms with E-state index in [1.54, 1.807) is 0 Å². The Hall–Kier alpha value is -0.304. The van der Waals surface area contributed by atoms with Crippen LogP contribution in [0.5, 0.6) is 0 Å². The smallest absolute Gasteiger partial charge is 0.00506 e. The first kappa shape index (κ1) is 27.1. The summed E-state index contributed by atoms with van der Waals surface area (Å²) >= 11 is 0. The van der Waals surface area contributed by atoms with E-state index < -0.39 is 0 Å². The van der Waals surface area contributed by atoms with E-state index in [4.69, 9.17) is 9.30 Å². The maximum Gasteiger partial charge on any atom is 0.00506 e. The van der Waals surface area contributed by atoms with Crippen molar-refractivity contribution in [1.82, 2.24) is 0 Å². The third-order valence-corrected chi connectivity index (χ3v) is 3.15. The van der Waals surface area contributed by atoms with Gasteiger partial charge in [-0.05, 0) is 10.1 Å². The summed E-state index contributed by atoms with van der Waals surface area (Å²) in [6.45, 7) is 23.0. The first-order chi connectivity index (χ1) is 8.21. The van der Waals surface area contributed by atoms with Gasteiger partial charge in [0.15, 0.2) is 0 Å². The normalized spacial score (nSPS) is 11.5. The van der Waals surface area contributed by atoms with Gasteiger partial charge in [-0.3, -0.25) is 0 Å². The second kappa shape index (κ2) is 15.8. The summed E-state index contributed by atoms with van der Waals surface area (Å²) in [7, 11) is 0.569. The SMILES string of the molecule is CC(C)(C)[SiH]C(C)(C)C.[C-]#[O+].[C-]#[O+].[CH]1C=CC=C1.[Fe]. The molecule has 108 valence electrons. The maximum atomic E-state index is 7.50. The van der Waals surface area contributed by atoms with Gasteiger partial charge in [0.1, 0.15) is 0 Å². The van der Waals surface area contributed by atoms with E-state index in [9.17, 15) is 0 Å². The summed E-state index contributed by atoms with van der Waals surface area (Å²) in [6, 6.07) is 0. The van der Waals surface area contributed by atoms with Gasteiger partial charge >= 0.3 is 22.6 Å². The maximum absolute atomic E-state index is 7.50. The molecule has 0 saturated carbocycles. The molecule has 0 aromatic rings. The minimum Gasteiger partial charge on any atom is -0.0767 e. The summed E-state index contributed by atoms with van der Waals surface area (Å²) in [5, 5.41) is 1.14. The van der Waals surface area contributed by atoms with Crippen LogP contribution in [0.3, 0.4) is 0 Å². The van der Waals surface area contributed by atoms with Crippen molar-refractivity contribution in [2.75, 3.05) is 0 Å². The molecule has 1 aliphatic carbocycles. The third-order valence-electron chi connectivity index (χ3n) is 1.42. The Morgan fingerprint density at radius 2 is 0.947 bits per heavy atom. The van der Waals surface area contributed by atoms with E-state index in [0.29, 0.717) is 19.6 Å². The molecule has 0 atom stereocenters. The van der Waals surface area contributed by atoms with Gasteiger partial charge in [-0.1, -0.05) is 65.8 Å². The van der Waals surface area contributed by atoms with Gasteiger partial charge in [0.05, 0.1) is 0 Å². The average Bonchev–Trinajstić information content (AvgIpc) is 2.76. The van der Waals surface area contributed by atoms with Gasteiger partial charge in [0.25, 0.3) is 0 Å². The minimum absolute atomic E-state index is 0. The molecule has 2 radical (unpaired) electrons. The summed E-state index contributed by atoms with van der Waals surface area (Å²) in [6.07, 6.45) is 10.0. The predicted molar refractivity (Wildman–Crippen MR) is 77.0 cm³/mol. The van der Waals surface area contributed by atoms with Gasteiger partial charge in [0.2, 0.25) is 0 Å². The van der Waals surface area contributed by atoms with Crippen LogP contribution >= 0.6 is 0 Å². The van der Waals surface area contributed by atoms with Crippen LogP contribution in [0.1, 0.15) is 41.5 Å². The number of hydrogen-bond acceptors (Lipinski definition) is 0. The molecule has 0 unspecified atom stereocenters. The first-order valence-electron chi connectivity index (χ1n) is 5.65. The van der Waals surface area contributed by atoms with E-state index in [1.165, 1.54) is 0 Å². The molecule has 0 aromatic carbocycles. The molecule has 0 aliphatic heterocycles. The molecule has 0 N–H and O–H groups in total. The van der Waals surface area contributed by atoms with E-state index in [0.717, 1.165) is 0 Å². The molecule has 1 rings (SSSR count). The molecule has 4 heteroatoms. The van der Waals surface area contributed by atoms with Crippen molar-refractivity contribution in [2.45, 2.75) is 51.6 Å². The average molecular weight is 320 g/mol. The van der Waals surface area contributed by atoms with Crippen LogP contribution in [0.15, 0.2) is 24.3 Å². The zero-order chi connectivity index (χ0) is 15.2. The Bertz CT molecular complexity index is 250. The Morgan fingerprint density at radius 3 is 1.00 bits per heavy atom. The van der Waals surface area contributed by atoms with Crippen molar-refractivity contribution in [3.05, 3.63) is 44.0 Å². The fourth-order valence-electron chi connectivity index (χ4n) is 1.62. The van der Waals surface area contributed by atoms with Crippen molar-refractivity contribution in [3.63, 3.8) is 0 Å². The first-order valence-corrected chi connectivity index (χ1v) is 6.81. The zero-order valence-corrected chi connectivity index (χ0v) is 14.9. The van der Waals surface area contributed by atoms with Crippen molar-refractivity contribution in [2.24, 2.45) is 0 Å². The van der Waals surface area contributed by atoms with Gasteiger partial charge in [-0.15, -0.1) is 0 Å². The second-order valence-electron chi connectivity index (χ2n) is 5.84. The van der Waals surface area contributed by atoms with Crippen LogP contribution in [0, 0.1) is 19.7 Å². The molecular weight excluding hydrogens is 296 g/mol. The predicted octanol–water partition coefficient (Wildman–Crippen LogP) is 4.10. The van der Waals surface area contributed by atoms with Gasteiger partial charge in [0, 0.05) is 33.0 Å². The monoisotopic (exact) mass is 320 g/mol. The Morgan fingerprint density at radius 1 is 0.684 bits per heavy atom. The molecule has 0 amide bonds. The largest absolute Gasteiger partial charge is 0.0767 e. The third kappa shape index (κ3) is 38.1. The topological polar surface area (TPSA) is 39.8 Å². The molecule has 0 heterocycles. The molecule has 0 spiro atoms. The van der Waals surface area contributed by atoms with Crippen LogP contribution in [0.25, 0.3) is 0 Å². The summed E-state index contributed by atoms with van der Waals surface area (Å²) in [5.41, 5.74) is 0. The number of rotatable bonds is 0. The molecule has 1 aliphatic rings. The van der Waals surface area contributed by atoms with Crippen LogP contribution in [-0.4, -0.2) is 9.52 Å². The van der Waals surface area contributed by atoms with Crippen LogP contribution in [0.4, 0.5) is 0 Å². The Labute approximate surface area is 131 Å². The van der Waals surface area contributed by atoms with Gasteiger partial charge in [-0.2, -0.15) is 0 Å². The second-order valence-corrected chi connectivity index (χ2v) is 9.59. The molecule has 0 aromatic heterocycles. The number of allylic oxidation sites excluding steroid dienone is 4. The van der Waals surface area contributed by atoms with Crippen molar-refractivity contribution in [1.29, 1.82) is 0 Å². The summed E-state index contributed by atoms with van der Waals surface area (Å²) in [5.74, 6) is 0. The van der Waals surface area contributed by atoms with Crippen molar-refractivity contribution in [3.8, 4) is 0 Å². The molecule has 2 nitrogen and oxygen atoms in total. The molecule has 19 heavy (non-hydrogen) atoms. The van der Waals surface area contributed by atoms with Crippen molar-refractivity contribution >= 4 is 9.52 Å². The van der Waals surface area contributed by atoms with Gasteiger partial charge in [-0.25, -0.2) is 0 Å². The van der Waals surface area contributed by atoms with E-state index in [-0.39, 0.29) is 17.1 Å². The molecule has 0 bridgehead atoms. The molecule has 0 fully saturated rings. The van der Waals surface area contributed by atoms with E-state index >= 15 is 0 Å². The van der Waals surface area contributed by atoms with Crippen LogP contribution in [0.2, 0.25) is 10.1 Å². The Balaban J connectivity index is -0.0000000956. The van der Waals surface area contributed by atoms with Crippen LogP contribution in [-0.2, 0) is 26.4 Å². The standard InChI is InChI=1S/C8H19Si.C5H5.2CO.Fe/c1-7(2,3)9-8(4,5)6;1-2-4-5-3-1;2*1-2;/h9H,1-6H3;1-5H;;;. The zero-order valence-electron chi connectivity index (χ0n) is 12.6. The molecule has 0 saturated heterocycles. The van der Waals surface area contributed by atoms with E-state index in [1.807, 2.05) is 30.7 Å². The number of hydrogen-bond donors (Lipinski definition) is 0. The minimum atomic E-state index is 0. The summed E-state index contributed by atoms with van der Waals surface area (Å²) < 4.78 is 15.0. The van der Waals surface area contributed by atoms with E-state index in [2.05, 4.69) is 54.8 Å². The quantitative estimate of drug-likeness (QED) is 0.366.